The van der Waals surface area contributed by atoms with Gasteiger partial charge in [-0.25, -0.2) is 0 Å². The lowest BCUT2D eigenvalue weighted by Gasteiger charge is -2.25. The smallest absolute Gasteiger partial charge is 0.279 e. The van der Waals surface area contributed by atoms with Crippen molar-refractivity contribution >= 4 is 17.4 Å². The number of likely N-dealkylation sites (N-methyl/N-ethyl adjacent to an activating group) is 1. The van der Waals surface area contributed by atoms with E-state index in [-0.39, 0.29) is 31.1 Å². The Morgan fingerprint density at radius 3 is 2.03 bits per heavy atom. The summed E-state index contributed by atoms with van der Waals surface area (Å²) in [5, 5.41) is 2.89. The number of anilines is 1. The van der Waals surface area contributed by atoms with Crippen LogP contribution >= 0.6 is 0 Å². The summed E-state index contributed by atoms with van der Waals surface area (Å²) in [5.74, 6) is 0.697. The number of rotatable bonds is 7. The van der Waals surface area contributed by atoms with Crippen molar-refractivity contribution in [3.05, 3.63) is 89.5 Å². The first kappa shape index (κ1) is 20.6. The average Bonchev–Trinajstić information content (AvgIpc) is 3.22. The van der Waals surface area contributed by atoms with Crippen molar-refractivity contribution in [1.29, 1.82) is 0 Å². The van der Waals surface area contributed by atoms with Crippen molar-refractivity contribution in [3.63, 3.8) is 0 Å². The Morgan fingerprint density at radius 1 is 0.935 bits per heavy atom. The van der Waals surface area contributed by atoms with Crippen LogP contribution in [0.15, 0.2) is 72.8 Å². The van der Waals surface area contributed by atoms with Gasteiger partial charge in [-0.2, -0.15) is 0 Å². The quantitative estimate of drug-likeness (QED) is 0.580. The van der Waals surface area contributed by atoms with Gasteiger partial charge in [0.2, 0.25) is 6.79 Å². The van der Waals surface area contributed by atoms with Gasteiger partial charge < -0.3 is 19.7 Å². The number of nitrogens with one attached hydrogen (secondary N) is 2. The van der Waals surface area contributed by atoms with Gasteiger partial charge in [-0.1, -0.05) is 60.7 Å². The fraction of sp³-hybridized carbons (Fsp3) is 0.200. The van der Waals surface area contributed by atoms with Crippen LogP contribution in [-0.2, 0) is 4.79 Å². The summed E-state index contributed by atoms with van der Waals surface area (Å²) in [6, 6.07) is 23.5. The summed E-state index contributed by atoms with van der Waals surface area (Å²) in [4.78, 5) is 26.1. The van der Waals surface area contributed by atoms with Gasteiger partial charge in [0.25, 0.3) is 5.91 Å². The predicted octanol–water partition coefficient (Wildman–Crippen LogP) is 2.86. The Bertz CT molecular complexity index is 1040. The molecule has 0 aliphatic carbocycles. The van der Waals surface area contributed by atoms with Gasteiger partial charge in [0.05, 0.1) is 12.7 Å². The van der Waals surface area contributed by atoms with Gasteiger partial charge in [0.15, 0.2) is 23.8 Å². The van der Waals surface area contributed by atoms with Crippen LogP contribution in [0.3, 0.4) is 0 Å². The van der Waals surface area contributed by atoms with E-state index in [0.29, 0.717) is 22.7 Å². The first-order valence-electron chi connectivity index (χ1n) is 10.2. The summed E-state index contributed by atoms with van der Waals surface area (Å²) < 4.78 is 10.8. The second kappa shape index (κ2) is 9.02. The van der Waals surface area contributed by atoms with Crippen molar-refractivity contribution in [3.8, 4) is 11.5 Å². The fourth-order valence-electron chi connectivity index (χ4n) is 3.94. The summed E-state index contributed by atoms with van der Waals surface area (Å²) >= 11 is 0. The Hall–Kier alpha value is -3.64. The number of carbonyl (C=O) groups is 2. The minimum Gasteiger partial charge on any atom is -0.454 e. The molecule has 6 nitrogen and oxygen atoms in total. The molecular weight excluding hydrogens is 392 g/mol. The summed E-state index contributed by atoms with van der Waals surface area (Å²) in [6.45, 7) is 1.79. The number of hydrogen-bond acceptors (Lipinski definition) is 4. The molecule has 3 aromatic rings. The molecule has 158 valence electrons. The average molecular weight is 417 g/mol. The molecule has 2 N–H and O–H groups in total. The number of fused-ring (bicyclic) bond motifs is 1. The van der Waals surface area contributed by atoms with Gasteiger partial charge >= 0.3 is 0 Å². The van der Waals surface area contributed by atoms with Crippen LogP contribution in [0.4, 0.5) is 5.69 Å². The molecule has 1 amide bonds. The van der Waals surface area contributed by atoms with Crippen molar-refractivity contribution in [2.45, 2.75) is 13.0 Å². The Labute approximate surface area is 181 Å². The molecule has 0 spiro atoms. The lowest BCUT2D eigenvalue weighted by atomic mass is 9.97. The van der Waals surface area contributed by atoms with Crippen LogP contribution in [0, 0.1) is 0 Å². The molecule has 4 rings (SSSR count). The van der Waals surface area contributed by atoms with Crippen LogP contribution in [0.5, 0.6) is 11.5 Å². The van der Waals surface area contributed by atoms with E-state index in [1.165, 1.54) is 6.92 Å². The van der Waals surface area contributed by atoms with Crippen molar-refractivity contribution in [1.82, 2.24) is 0 Å². The molecule has 0 saturated heterocycles. The summed E-state index contributed by atoms with van der Waals surface area (Å²) in [5.41, 5.74) is 3.10. The zero-order valence-corrected chi connectivity index (χ0v) is 17.6. The largest absolute Gasteiger partial charge is 0.454 e. The van der Waals surface area contributed by atoms with E-state index in [1.54, 1.807) is 12.1 Å². The first-order chi connectivity index (χ1) is 15.0. The van der Waals surface area contributed by atoms with Crippen molar-refractivity contribution < 1.29 is 24.0 Å². The first-order valence-corrected chi connectivity index (χ1v) is 10.2. The van der Waals surface area contributed by atoms with Crippen LogP contribution in [0.25, 0.3) is 0 Å². The van der Waals surface area contributed by atoms with Crippen molar-refractivity contribution in [2.24, 2.45) is 0 Å². The van der Waals surface area contributed by atoms with Crippen LogP contribution in [0.1, 0.15) is 34.5 Å². The van der Waals surface area contributed by atoms with E-state index < -0.39 is 0 Å². The molecule has 0 radical (unpaired) electrons. The standard InChI is InChI=1S/C25H24N2O4/c1-17(28)20-13-22-23(31-16-30-22)14-21(20)26-24(29)15-27(2)25(18-9-5-3-6-10-18)19-11-7-4-8-12-19/h3-14,25H,15-16H2,1-2H3,(H,26,29)/p+1. The molecule has 0 aromatic heterocycles. The normalized spacial score (nSPS) is 13.1. The minimum absolute atomic E-state index is 0.00261. The van der Waals surface area contributed by atoms with Gasteiger partial charge in [0.1, 0.15) is 6.04 Å². The van der Waals surface area contributed by atoms with Gasteiger partial charge in [-0.15, -0.1) is 0 Å². The fourth-order valence-corrected chi connectivity index (χ4v) is 3.94. The molecule has 0 fully saturated rings. The van der Waals surface area contributed by atoms with E-state index >= 15 is 0 Å². The lowest BCUT2D eigenvalue weighted by Crippen LogP contribution is -3.10. The molecule has 1 unspecified atom stereocenters. The number of carbonyl (C=O) groups excluding carboxylic acids is 2. The highest BCUT2D eigenvalue weighted by Crippen LogP contribution is 2.37. The second-order valence-corrected chi connectivity index (χ2v) is 7.63. The number of benzene rings is 3. The third-order valence-corrected chi connectivity index (χ3v) is 5.36. The highest BCUT2D eigenvalue weighted by Gasteiger charge is 2.26. The topological polar surface area (TPSA) is 69.1 Å². The minimum atomic E-state index is -0.185. The molecule has 31 heavy (non-hydrogen) atoms. The molecule has 3 aromatic carbocycles. The van der Waals surface area contributed by atoms with Gasteiger partial charge in [-0.05, 0) is 13.0 Å². The van der Waals surface area contributed by atoms with E-state index in [2.05, 4.69) is 29.6 Å². The maximum Gasteiger partial charge on any atom is 0.279 e. The monoisotopic (exact) mass is 417 g/mol. The Morgan fingerprint density at radius 2 is 1.48 bits per heavy atom. The van der Waals surface area contributed by atoms with E-state index in [1.807, 2.05) is 43.4 Å². The number of amides is 1. The number of ketones is 1. The highest BCUT2D eigenvalue weighted by molar-refractivity contribution is 6.04. The molecular formula is C25H25N2O4+. The molecule has 1 atom stereocenters. The van der Waals surface area contributed by atoms with Gasteiger partial charge in [0, 0.05) is 22.8 Å². The molecule has 0 saturated carbocycles. The Kier molecular flexibility index (Phi) is 6.00. The third-order valence-electron chi connectivity index (χ3n) is 5.36. The van der Waals surface area contributed by atoms with E-state index in [0.717, 1.165) is 16.0 Å². The second-order valence-electron chi connectivity index (χ2n) is 7.63. The summed E-state index contributed by atoms with van der Waals surface area (Å²) in [7, 11) is 2.00. The predicted molar refractivity (Wildman–Crippen MR) is 118 cm³/mol. The molecule has 1 heterocycles. The van der Waals surface area contributed by atoms with E-state index in [4.69, 9.17) is 9.47 Å². The highest BCUT2D eigenvalue weighted by atomic mass is 16.7. The van der Waals surface area contributed by atoms with Crippen LogP contribution in [-0.4, -0.2) is 32.1 Å². The molecule has 6 heteroatoms. The lowest BCUT2D eigenvalue weighted by molar-refractivity contribution is -0.897. The number of quaternary nitrogens is 1. The van der Waals surface area contributed by atoms with E-state index in [9.17, 15) is 9.59 Å². The number of ether oxygens (including phenoxy) is 2. The number of Topliss-reactive ketones (excluding diaryl/α,β-unsaturated/α-hetero) is 1. The summed E-state index contributed by atoms with van der Waals surface area (Å²) in [6.07, 6.45) is 0. The van der Waals surface area contributed by atoms with Gasteiger partial charge in [-0.3, -0.25) is 9.59 Å². The maximum atomic E-state index is 12.9. The SMILES string of the molecule is CC(=O)c1cc2c(cc1NC(=O)C[NH+](C)C(c1ccccc1)c1ccccc1)OCO2. The molecule has 1 aliphatic rings. The van der Waals surface area contributed by atoms with Crippen molar-refractivity contribution in [2.75, 3.05) is 25.7 Å². The molecule has 1 aliphatic heterocycles. The van der Waals surface area contributed by atoms with Crippen LogP contribution in [0.2, 0.25) is 0 Å². The zero-order valence-electron chi connectivity index (χ0n) is 17.6. The number of hydrogen-bond donors (Lipinski definition) is 2. The molecule has 0 bridgehead atoms. The maximum absolute atomic E-state index is 12.9. The van der Waals surface area contributed by atoms with Crippen LogP contribution < -0.4 is 19.7 Å². The zero-order chi connectivity index (χ0) is 21.8. The third kappa shape index (κ3) is 4.59. The Balaban J connectivity index is 1.56.